The van der Waals surface area contributed by atoms with Crippen LogP contribution in [0.4, 0.5) is 5.00 Å². The molecule has 3 aromatic heterocycles. The first-order chi connectivity index (χ1) is 17.9. The largest absolute Gasteiger partial charge is 0.365 e. The molecule has 7 nitrogen and oxygen atoms in total. The van der Waals surface area contributed by atoms with E-state index in [1.54, 1.807) is 10.6 Å². The first kappa shape index (κ1) is 25.4. The Morgan fingerprint density at radius 1 is 1.24 bits per heavy atom. The summed E-state index contributed by atoms with van der Waals surface area (Å²) < 4.78 is 1.55. The lowest BCUT2D eigenvalue weighted by Crippen LogP contribution is -2.24. The second-order valence-corrected chi connectivity index (χ2v) is 11.8. The Labute approximate surface area is 226 Å². The highest BCUT2D eigenvalue weighted by Crippen LogP contribution is 2.38. The number of rotatable bonds is 8. The van der Waals surface area contributed by atoms with Crippen LogP contribution in [0.1, 0.15) is 39.2 Å². The van der Waals surface area contributed by atoms with Crippen molar-refractivity contribution in [2.45, 2.75) is 44.3 Å². The lowest BCUT2D eigenvalue weighted by Gasteiger charge is -2.11. The molecule has 0 spiro atoms. The average Bonchev–Trinajstić information content (AvgIpc) is 3.46. The molecule has 1 aromatic carbocycles. The number of aryl methyl sites for hydroxylation is 2. The number of fused-ring (bicyclic) bond motifs is 2. The Balaban J connectivity index is 1.41. The van der Waals surface area contributed by atoms with Gasteiger partial charge >= 0.3 is 0 Å². The van der Waals surface area contributed by atoms with Crippen LogP contribution >= 0.6 is 34.4 Å². The van der Waals surface area contributed by atoms with Crippen molar-refractivity contribution in [3.05, 3.63) is 74.2 Å². The Morgan fingerprint density at radius 2 is 2.00 bits per heavy atom. The molecule has 0 bridgehead atoms. The molecule has 0 aliphatic heterocycles. The number of amides is 2. The molecule has 0 unspecified atom stereocenters. The van der Waals surface area contributed by atoms with Gasteiger partial charge in [-0.1, -0.05) is 47.7 Å². The van der Waals surface area contributed by atoms with Crippen LogP contribution in [0.2, 0.25) is 0 Å². The van der Waals surface area contributed by atoms with E-state index >= 15 is 0 Å². The number of carbonyl (C=O) groups is 2. The minimum Gasteiger partial charge on any atom is -0.365 e. The van der Waals surface area contributed by atoms with Crippen molar-refractivity contribution in [2.75, 3.05) is 11.1 Å². The van der Waals surface area contributed by atoms with Crippen molar-refractivity contribution >= 4 is 61.5 Å². The average molecular weight is 551 g/mol. The lowest BCUT2D eigenvalue weighted by molar-refractivity contribution is -0.113. The van der Waals surface area contributed by atoms with Gasteiger partial charge in [-0.05, 0) is 43.7 Å². The van der Waals surface area contributed by atoms with Gasteiger partial charge in [-0.2, -0.15) is 0 Å². The molecule has 3 heterocycles. The zero-order valence-corrected chi connectivity index (χ0v) is 22.8. The number of aromatic nitrogens is 2. The van der Waals surface area contributed by atoms with Gasteiger partial charge in [0.25, 0.3) is 11.5 Å². The standard InChI is InChI=1S/C27H26N4O3S3/c1-3-12-31-26(34)22-18(16-10-8-15(2)9-11-16)13-35-24(22)30-27(31)36-14-20(32)29-25-21(23(28)33)17-6-4-5-7-19(17)37-25/h3,8-11,13H,1,4-7,12,14H2,2H3,(H2,28,33)(H,29,32). The number of allylic oxidation sites excluding steroid dienone is 1. The molecule has 190 valence electrons. The quantitative estimate of drug-likeness (QED) is 0.174. The smallest absolute Gasteiger partial charge is 0.263 e. The van der Waals surface area contributed by atoms with Gasteiger partial charge in [0.05, 0.1) is 16.7 Å². The summed E-state index contributed by atoms with van der Waals surface area (Å²) in [6, 6.07) is 8.05. The number of hydrogen-bond donors (Lipinski definition) is 2. The summed E-state index contributed by atoms with van der Waals surface area (Å²) in [5.41, 5.74) is 9.86. The second-order valence-electron chi connectivity index (χ2n) is 8.91. The van der Waals surface area contributed by atoms with Crippen LogP contribution < -0.4 is 16.6 Å². The number of primary amides is 1. The van der Waals surface area contributed by atoms with E-state index in [0.29, 0.717) is 25.9 Å². The molecule has 0 fully saturated rings. The summed E-state index contributed by atoms with van der Waals surface area (Å²) in [6.45, 7) is 6.09. The summed E-state index contributed by atoms with van der Waals surface area (Å²) in [6.07, 6.45) is 5.42. The third kappa shape index (κ3) is 5.01. The van der Waals surface area contributed by atoms with Crippen LogP contribution in [-0.2, 0) is 24.2 Å². The lowest BCUT2D eigenvalue weighted by atomic mass is 9.95. The number of benzene rings is 1. The molecule has 0 saturated heterocycles. The van der Waals surface area contributed by atoms with Gasteiger partial charge in [0.1, 0.15) is 9.83 Å². The number of nitrogens with zero attached hydrogens (tertiary/aromatic N) is 2. The van der Waals surface area contributed by atoms with Gasteiger partial charge in [-0.3, -0.25) is 19.0 Å². The number of nitrogens with one attached hydrogen (secondary N) is 1. The third-order valence-electron chi connectivity index (χ3n) is 6.34. The van der Waals surface area contributed by atoms with E-state index in [4.69, 9.17) is 10.7 Å². The molecule has 3 N–H and O–H groups in total. The van der Waals surface area contributed by atoms with Gasteiger partial charge in [0.15, 0.2) is 5.16 Å². The fourth-order valence-corrected chi connectivity index (χ4v) is 7.67. The van der Waals surface area contributed by atoms with Crippen LogP contribution in [0.3, 0.4) is 0 Å². The highest BCUT2D eigenvalue weighted by molar-refractivity contribution is 7.99. The maximum atomic E-state index is 13.5. The van der Waals surface area contributed by atoms with Crippen molar-refractivity contribution in [3.8, 4) is 11.1 Å². The highest BCUT2D eigenvalue weighted by atomic mass is 32.2. The SMILES string of the molecule is C=CCn1c(SCC(=O)Nc2sc3c(c2C(N)=O)CCCC3)nc2scc(-c3ccc(C)cc3)c2c1=O. The molecule has 5 rings (SSSR count). The summed E-state index contributed by atoms with van der Waals surface area (Å²) in [4.78, 5) is 45.1. The monoisotopic (exact) mass is 550 g/mol. The Morgan fingerprint density at radius 3 is 2.73 bits per heavy atom. The van der Waals surface area contributed by atoms with E-state index in [1.807, 2.05) is 36.6 Å². The predicted octanol–water partition coefficient (Wildman–Crippen LogP) is 5.39. The number of thiophene rings is 2. The second kappa shape index (κ2) is 10.6. The Bertz CT molecular complexity index is 1580. The van der Waals surface area contributed by atoms with E-state index in [1.165, 1.54) is 34.4 Å². The number of anilines is 1. The van der Waals surface area contributed by atoms with Gasteiger partial charge in [-0.15, -0.1) is 29.3 Å². The zero-order valence-electron chi connectivity index (χ0n) is 20.3. The summed E-state index contributed by atoms with van der Waals surface area (Å²) in [5, 5.41) is 6.36. The molecule has 2 amide bonds. The molecular weight excluding hydrogens is 525 g/mol. The van der Waals surface area contributed by atoms with E-state index in [0.717, 1.165) is 52.8 Å². The van der Waals surface area contributed by atoms with Crippen molar-refractivity contribution in [2.24, 2.45) is 5.73 Å². The van der Waals surface area contributed by atoms with Gasteiger partial charge in [-0.25, -0.2) is 4.98 Å². The van der Waals surface area contributed by atoms with Crippen molar-refractivity contribution in [3.63, 3.8) is 0 Å². The number of carbonyl (C=O) groups excluding carboxylic acids is 2. The van der Waals surface area contributed by atoms with Crippen molar-refractivity contribution in [1.82, 2.24) is 9.55 Å². The molecule has 10 heteroatoms. The van der Waals surface area contributed by atoms with E-state index in [9.17, 15) is 14.4 Å². The van der Waals surface area contributed by atoms with Gasteiger partial charge < -0.3 is 11.1 Å². The molecule has 4 aromatic rings. The fourth-order valence-electron chi connectivity index (χ4n) is 4.56. The van der Waals surface area contributed by atoms with E-state index in [-0.39, 0.29) is 23.8 Å². The van der Waals surface area contributed by atoms with Crippen LogP contribution in [-0.4, -0.2) is 27.1 Å². The number of hydrogen-bond acceptors (Lipinski definition) is 7. The molecular formula is C27H26N4O3S3. The zero-order chi connectivity index (χ0) is 26.1. The summed E-state index contributed by atoms with van der Waals surface area (Å²) >= 11 is 4.03. The fraction of sp³-hybridized carbons (Fsp3) is 0.259. The maximum absolute atomic E-state index is 13.5. The van der Waals surface area contributed by atoms with E-state index < -0.39 is 5.91 Å². The van der Waals surface area contributed by atoms with Crippen LogP contribution in [0.5, 0.6) is 0 Å². The molecule has 0 radical (unpaired) electrons. The summed E-state index contributed by atoms with van der Waals surface area (Å²) in [5.74, 6) is -0.764. The Kier molecular flexibility index (Phi) is 7.32. The normalized spacial score (nSPS) is 12.9. The maximum Gasteiger partial charge on any atom is 0.263 e. The first-order valence-electron chi connectivity index (χ1n) is 11.9. The van der Waals surface area contributed by atoms with Crippen molar-refractivity contribution < 1.29 is 9.59 Å². The van der Waals surface area contributed by atoms with E-state index in [2.05, 4.69) is 11.9 Å². The van der Waals surface area contributed by atoms with Crippen molar-refractivity contribution in [1.29, 1.82) is 0 Å². The Hall–Kier alpha value is -3.21. The minimum absolute atomic E-state index is 0.0338. The molecule has 37 heavy (non-hydrogen) atoms. The third-order valence-corrected chi connectivity index (χ3v) is 9.39. The topological polar surface area (TPSA) is 107 Å². The highest BCUT2D eigenvalue weighted by Gasteiger charge is 2.25. The van der Waals surface area contributed by atoms with Gasteiger partial charge in [0, 0.05) is 22.4 Å². The molecule has 0 atom stereocenters. The first-order valence-corrected chi connectivity index (χ1v) is 14.6. The predicted molar refractivity (Wildman–Crippen MR) is 153 cm³/mol. The van der Waals surface area contributed by atoms with Gasteiger partial charge in [0.2, 0.25) is 5.91 Å². The number of nitrogens with two attached hydrogens (primary N) is 1. The number of thioether (sulfide) groups is 1. The molecule has 1 aliphatic carbocycles. The molecule has 1 aliphatic rings. The minimum atomic E-state index is -0.517. The summed E-state index contributed by atoms with van der Waals surface area (Å²) in [7, 11) is 0. The van der Waals surface area contributed by atoms with Crippen LogP contribution in [0.25, 0.3) is 21.3 Å². The van der Waals surface area contributed by atoms with Crippen LogP contribution in [0.15, 0.2) is 52.3 Å². The van der Waals surface area contributed by atoms with Crippen LogP contribution in [0, 0.1) is 6.92 Å². The molecule has 0 saturated carbocycles.